The summed E-state index contributed by atoms with van der Waals surface area (Å²) in [6.07, 6.45) is 2.28. The summed E-state index contributed by atoms with van der Waals surface area (Å²) in [4.78, 5) is 0. The molecule has 3 rings (SSSR count). The van der Waals surface area contributed by atoms with E-state index in [1.807, 2.05) is 19.1 Å². The number of nitrogens with one attached hydrogen (secondary N) is 1. The monoisotopic (exact) mass is 279 g/mol. The van der Waals surface area contributed by atoms with Crippen LogP contribution in [0.3, 0.4) is 0 Å². The maximum Gasteiger partial charge on any atom is 0.134 e. The highest BCUT2D eigenvalue weighted by molar-refractivity contribution is 5.82. The van der Waals surface area contributed by atoms with E-state index in [-0.39, 0.29) is 0 Å². The fourth-order valence-electron chi connectivity index (χ4n) is 2.72. The Labute approximate surface area is 125 Å². The molecule has 2 nitrogen and oxygen atoms in total. The van der Waals surface area contributed by atoms with Crippen LogP contribution in [0, 0.1) is 6.92 Å². The van der Waals surface area contributed by atoms with Crippen molar-refractivity contribution in [1.29, 1.82) is 0 Å². The van der Waals surface area contributed by atoms with Gasteiger partial charge in [-0.25, -0.2) is 0 Å². The van der Waals surface area contributed by atoms with E-state index in [9.17, 15) is 0 Å². The average molecular weight is 279 g/mol. The van der Waals surface area contributed by atoms with Gasteiger partial charge >= 0.3 is 0 Å². The van der Waals surface area contributed by atoms with Crippen LogP contribution in [0.15, 0.2) is 59.0 Å². The first-order valence-electron chi connectivity index (χ1n) is 7.56. The van der Waals surface area contributed by atoms with Gasteiger partial charge in [-0.15, -0.1) is 0 Å². The van der Waals surface area contributed by atoms with Crippen molar-refractivity contribution in [3.8, 4) is 0 Å². The number of hydrogen-bond acceptors (Lipinski definition) is 2. The van der Waals surface area contributed by atoms with Gasteiger partial charge in [-0.1, -0.05) is 48.5 Å². The van der Waals surface area contributed by atoms with Crippen molar-refractivity contribution in [2.24, 2.45) is 0 Å². The molecular formula is C19H21NO. The Balaban J connectivity index is 1.52. The fraction of sp³-hybridized carbons (Fsp3) is 0.263. The first-order chi connectivity index (χ1) is 10.3. The normalized spacial score (nSPS) is 11.1. The molecule has 1 N–H and O–H groups in total. The second kappa shape index (κ2) is 6.59. The lowest BCUT2D eigenvalue weighted by Crippen LogP contribution is -2.15. The summed E-state index contributed by atoms with van der Waals surface area (Å²) in [5, 5.41) is 4.76. The molecule has 1 heterocycles. The second-order valence-electron chi connectivity index (χ2n) is 5.40. The van der Waals surface area contributed by atoms with Crippen LogP contribution >= 0.6 is 0 Å². The van der Waals surface area contributed by atoms with Crippen LogP contribution in [-0.2, 0) is 13.0 Å². The zero-order chi connectivity index (χ0) is 14.5. The Hall–Kier alpha value is -2.06. The molecule has 0 saturated heterocycles. The van der Waals surface area contributed by atoms with E-state index in [4.69, 9.17) is 4.42 Å². The summed E-state index contributed by atoms with van der Waals surface area (Å²) >= 11 is 0. The second-order valence-corrected chi connectivity index (χ2v) is 5.40. The molecule has 108 valence electrons. The third-order valence-electron chi connectivity index (χ3n) is 3.86. The van der Waals surface area contributed by atoms with Crippen molar-refractivity contribution in [2.45, 2.75) is 26.3 Å². The summed E-state index contributed by atoms with van der Waals surface area (Å²) in [7, 11) is 0. The Kier molecular flexibility index (Phi) is 4.37. The molecule has 0 amide bonds. The number of hydrogen-bond donors (Lipinski definition) is 1. The standard InChI is InChI=1S/C19H21NO/c1-15-18(17-11-5-6-12-19(17)21-15)14-20-13-7-10-16-8-3-2-4-9-16/h2-6,8-9,11-12,20H,7,10,13-14H2,1H3. The van der Waals surface area contributed by atoms with Crippen molar-refractivity contribution in [1.82, 2.24) is 5.32 Å². The van der Waals surface area contributed by atoms with Gasteiger partial charge in [-0.2, -0.15) is 0 Å². The molecule has 0 aliphatic heterocycles. The van der Waals surface area contributed by atoms with Gasteiger partial charge in [0.1, 0.15) is 11.3 Å². The Morgan fingerprint density at radius 3 is 2.57 bits per heavy atom. The Bertz CT molecular complexity index is 700. The highest BCUT2D eigenvalue weighted by Crippen LogP contribution is 2.24. The fourth-order valence-corrected chi connectivity index (χ4v) is 2.72. The molecule has 0 radical (unpaired) electrons. The molecule has 0 aliphatic carbocycles. The van der Waals surface area contributed by atoms with Crippen LogP contribution in [0.5, 0.6) is 0 Å². The smallest absolute Gasteiger partial charge is 0.134 e. The highest BCUT2D eigenvalue weighted by atomic mass is 16.3. The molecule has 21 heavy (non-hydrogen) atoms. The highest BCUT2D eigenvalue weighted by Gasteiger charge is 2.09. The summed E-state index contributed by atoms with van der Waals surface area (Å²) in [5.74, 6) is 1.02. The lowest BCUT2D eigenvalue weighted by atomic mass is 10.1. The quantitative estimate of drug-likeness (QED) is 0.674. The van der Waals surface area contributed by atoms with Crippen molar-refractivity contribution in [3.05, 3.63) is 71.5 Å². The van der Waals surface area contributed by atoms with Crippen molar-refractivity contribution >= 4 is 11.0 Å². The Morgan fingerprint density at radius 1 is 0.952 bits per heavy atom. The third kappa shape index (κ3) is 3.34. The maximum atomic E-state index is 5.79. The summed E-state index contributed by atoms with van der Waals surface area (Å²) < 4.78 is 5.79. The number of furan rings is 1. The van der Waals surface area contributed by atoms with E-state index in [0.29, 0.717) is 0 Å². The van der Waals surface area contributed by atoms with Crippen LogP contribution in [0.2, 0.25) is 0 Å². The van der Waals surface area contributed by atoms with Crippen LogP contribution in [0.25, 0.3) is 11.0 Å². The zero-order valence-electron chi connectivity index (χ0n) is 12.4. The molecule has 0 bridgehead atoms. The molecule has 0 spiro atoms. The molecule has 2 heteroatoms. The summed E-state index contributed by atoms with van der Waals surface area (Å²) in [6, 6.07) is 18.9. The van der Waals surface area contributed by atoms with Gasteiger partial charge < -0.3 is 9.73 Å². The molecule has 0 atom stereocenters. The minimum Gasteiger partial charge on any atom is -0.461 e. The van der Waals surface area contributed by atoms with E-state index in [1.54, 1.807) is 0 Å². The van der Waals surface area contributed by atoms with E-state index < -0.39 is 0 Å². The molecule has 1 aromatic heterocycles. The largest absolute Gasteiger partial charge is 0.461 e. The van der Waals surface area contributed by atoms with Gasteiger partial charge in [0.2, 0.25) is 0 Å². The van der Waals surface area contributed by atoms with Crippen molar-refractivity contribution in [2.75, 3.05) is 6.54 Å². The minimum atomic E-state index is 0.873. The van der Waals surface area contributed by atoms with Crippen LogP contribution in [0.1, 0.15) is 23.3 Å². The number of aryl methyl sites for hydroxylation is 2. The maximum absolute atomic E-state index is 5.79. The van der Waals surface area contributed by atoms with E-state index in [2.05, 4.69) is 47.8 Å². The lowest BCUT2D eigenvalue weighted by Gasteiger charge is -2.05. The molecule has 3 aromatic rings. The van der Waals surface area contributed by atoms with Crippen LogP contribution < -0.4 is 5.32 Å². The van der Waals surface area contributed by atoms with Gasteiger partial charge in [0.15, 0.2) is 0 Å². The minimum absolute atomic E-state index is 0.873. The SMILES string of the molecule is Cc1oc2ccccc2c1CNCCCc1ccccc1. The van der Waals surface area contributed by atoms with Gasteiger partial charge in [0, 0.05) is 17.5 Å². The first kappa shape index (κ1) is 13.9. The molecule has 0 aliphatic rings. The predicted molar refractivity (Wildman–Crippen MR) is 87.4 cm³/mol. The van der Waals surface area contributed by atoms with Crippen molar-refractivity contribution in [3.63, 3.8) is 0 Å². The van der Waals surface area contributed by atoms with Gasteiger partial charge in [0.05, 0.1) is 0 Å². The first-order valence-corrected chi connectivity index (χ1v) is 7.56. The van der Waals surface area contributed by atoms with E-state index >= 15 is 0 Å². The summed E-state index contributed by atoms with van der Waals surface area (Å²) in [5.41, 5.74) is 3.67. The van der Waals surface area contributed by atoms with E-state index in [1.165, 1.54) is 16.5 Å². The average Bonchev–Trinajstić information content (AvgIpc) is 2.84. The van der Waals surface area contributed by atoms with Crippen molar-refractivity contribution < 1.29 is 4.42 Å². The number of para-hydroxylation sites is 1. The Morgan fingerprint density at radius 2 is 1.71 bits per heavy atom. The van der Waals surface area contributed by atoms with E-state index in [0.717, 1.165) is 37.3 Å². The van der Waals surface area contributed by atoms with Crippen LogP contribution in [0.4, 0.5) is 0 Å². The number of benzene rings is 2. The number of rotatable bonds is 6. The molecular weight excluding hydrogens is 258 g/mol. The van der Waals surface area contributed by atoms with Gasteiger partial charge in [-0.05, 0) is 37.9 Å². The predicted octanol–water partition coefficient (Wildman–Crippen LogP) is 4.46. The molecule has 0 fully saturated rings. The van der Waals surface area contributed by atoms with Gasteiger partial charge in [0.25, 0.3) is 0 Å². The molecule has 0 unspecified atom stereocenters. The third-order valence-corrected chi connectivity index (χ3v) is 3.86. The zero-order valence-corrected chi connectivity index (χ0v) is 12.4. The molecule has 0 saturated carbocycles. The molecule has 2 aromatic carbocycles. The van der Waals surface area contributed by atoms with Gasteiger partial charge in [-0.3, -0.25) is 0 Å². The topological polar surface area (TPSA) is 25.2 Å². The van der Waals surface area contributed by atoms with Crippen LogP contribution in [-0.4, -0.2) is 6.54 Å². The lowest BCUT2D eigenvalue weighted by molar-refractivity contribution is 0.563. The summed E-state index contributed by atoms with van der Waals surface area (Å²) in [6.45, 7) is 3.94. The number of fused-ring (bicyclic) bond motifs is 1.